The molecule has 0 radical (unpaired) electrons. The van der Waals surface area contributed by atoms with E-state index in [1.165, 1.54) is 17.9 Å². The van der Waals surface area contributed by atoms with E-state index in [0.717, 1.165) is 4.58 Å². The minimum atomic E-state index is 0.801. The van der Waals surface area contributed by atoms with Crippen LogP contribution < -0.4 is 0 Å². The Morgan fingerprint density at radius 1 is 1.22 bits per heavy atom. The maximum atomic E-state index is 2.29. The minimum Gasteiger partial charge on any atom is -0.148 e. The van der Waals surface area contributed by atoms with Crippen LogP contribution in [0.3, 0.4) is 0 Å². The van der Waals surface area contributed by atoms with E-state index in [2.05, 4.69) is 32.5 Å². The van der Waals surface area contributed by atoms with Crippen molar-refractivity contribution in [1.82, 2.24) is 0 Å². The summed E-state index contributed by atoms with van der Waals surface area (Å²) in [6.07, 6.45) is 1.30. The van der Waals surface area contributed by atoms with Crippen LogP contribution in [0.4, 0.5) is 0 Å². The fraction of sp³-hybridized carbons (Fsp3) is 1.00. The fourth-order valence-electron chi connectivity index (χ4n) is 0.567. The van der Waals surface area contributed by atoms with E-state index < -0.39 is 0 Å². The van der Waals surface area contributed by atoms with Crippen molar-refractivity contribution < 1.29 is 0 Å². The van der Waals surface area contributed by atoms with Crippen molar-refractivity contribution in [2.75, 3.05) is 11.5 Å². The normalized spacial score (nSPS) is 13.7. The highest BCUT2D eigenvalue weighted by Crippen LogP contribution is 2.22. The summed E-state index contributed by atoms with van der Waals surface area (Å²) in [7, 11) is 0. The molecule has 0 aliphatic heterocycles. The fourth-order valence-corrected chi connectivity index (χ4v) is 2.69. The zero-order valence-corrected chi connectivity index (χ0v) is 8.15. The van der Waals surface area contributed by atoms with Crippen molar-refractivity contribution >= 4 is 23.5 Å². The third kappa shape index (κ3) is 6.59. The molecule has 0 spiro atoms. The molecule has 0 N–H and O–H groups in total. The van der Waals surface area contributed by atoms with E-state index in [0.29, 0.717) is 0 Å². The third-order valence-electron chi connectivity index (χ3n) is 0.958. The third-order valence-corrected chi connectivity index (χ3v) is 3.69. The summed E-state index contributed by atoms with van der Waals surface area (Å²) in [6, 6.07) is 0. The molecule has 0 saturated carbocycles. The lowest BCUT2D eigenvalue weighted by molar-refractivity contribution is 1.10. The summed E-state index contributed by atoms with van der Waals surface area (Å²) in [4.78, 5) is 0. The van der Waals surface area contributed by atoms with E-state index >= 15 is 0 Å². The SMILES string of the molecule is CCCSC(C)SCC. The molecule has 2 heteroatoms. The van der Waals surface area contributed by atoms with Gasteiger partial charge in [-0.1, -0.05) is 13.8 Å². The minimum absolute atomic E-state index is 0.801. The number of hydrogen-bond donors (Lipinski definition) is 0. The van der Waals surface area contributed by atoms with Crippen LogP contribution in [-0.2, 0) is 0 Å². The lowest BCUT2D eigenvalue weighted by Crippen LogP contribution is -1.90. The molecule has 0 heterocycles. The van der Waals surface area contributed by atoms with Crippen LogP contribution in [-0.4, -0.2) is 16.1 Å². The van der Waals surface area contributed by atoms with Crippen LogP contribution in [0.1, 0.15) is 27.2 Å². The van der Waals surface area contributed by atoms with Gasteiger partial charge in [-0.15, -0.1) is 23.5 Å². The molecule has 0 nitrogen and oxygen atoms in total. The van der Waals surface area contributed by atoms with Crippen molar-refractivity contribution in [3.8, 4) is 0 Å². The molecule has 0 rings (SSSR count). The van der Waals surface area contributed by atoms with E-state index in [9.17, 15) is 0 Å². The summed E-state index contributed by atoms with van der Waals surface area (Å²) in [6.45, 7) is 6.73. The molecule has 0 amide bonds. The van der Waals surface area contributed by atoms with Crippen molar-refractivity contribution in [3.05, 3.63) is 0 Å². The van der Waals surface area contributed by atoms with Gasteiger partial charge in [0.25, 0.3) is 0 Å². The maximum absolute atomic E-state index is 2.29. The van der Waals surface area contributed by atoms with Crippen LogP contribution in [0, 0.1) is 0 Å². The molecule has 0 aliphatic carbocycles. The number of hydrogen-bond acceptors (Lipinski definition) is 2. The molecule has 0 aromatic heterocycles. The van der Waals surface area contributed by atoms with Gasteiger partial charge in [-0.3, -0.25) is 0 Å². The van der Waals surface area contributed by atoms with Gasteiger partial charge in [-0.2, -0.15) is 0 Å². The average molecular weight is 164 g/mol. The second kappa shape index (κ2) is 6.81. The molecular weight excluding hydrogens is 148 g/mol. The molecule has 1 atom stereocenters. The van der Waals surface area contributed by atoms with Crippen LogP contribution >= 0.6 is 23.5 Å². The van der Waals surface area contributed by atoms with Gasteiger partial charge < -0.3 is 0 Å². The van der Waals surface area contributed by atoms with Gasteiger partial charge in [-0.25, -0.2) is 0 Å². The monoisotopic (exact) mass is 164 g/mol. The highest BCUT2D eigenvalue weighted by molar-refractivity contribution is 8.16. The Hall–Kier alpha value is 0.700. The first-order valence-corrected chi connectivity index (χ1v) is 5.64. The van der Waals surface area contributed by atoms with Crippen molar-refractivity contribution in [3.63, 3.8) is 0 Å². The predicted octanol–water partition coefficient (Wildman–Crippen LogP) is 3.23. The second-order valence-electron chi connectivity index (χ2n) is 1.89. The lowest BCUT2D eigenvalue weighted by Gasteiger charge is -2.06. The van der Waals surface area contributed by atoms with Crippen LogP contribution in [0.15, 0.2) is 0 Å². The van der Waals surface area contributed by atoms with Gasteiger partial charge in [-0.05, 0) is 24.9 Å². The molecule has 9 heavy (non-hydrogen) atoms. The number of thioether (sulfide) groups is 2. The summed E-state index contributed by atoms with van der Waals surface area (Å²) in [5.74, 6) is 2.56. The standard InChI is InChI=1S/C7H16S2/c1-4-6-9-7(3)8-5-2/h7H,4-6H2,1-3H3. The lowest BCUT2D eigenvalue weighted by atomic mass is 10.6. The Labute approximate surface area is 67.2 Å². The van der Waals surface area contributed by atoms with Gasteiger partial charge in [0.15, 0.2) is 0 Å². The molecule has 0 aromatic carbocycles. The first kappa shape index (κ1) is 9.70. The smallest absolute Gasteiger partial charge is 0.0474 e. The average Bonchev–Trinajstić information content (AvgIpc) is 1.85. The first-order valence-electron chi connectivity index (χ1n) is 3.54. The Bertz CT molecular complexity index is 54.9. The second-order valence-corrected chi connectivity index (χ2v) is 5.26. The predicted molar refractivity (Wildman–Crippen MR) is 50.3 cm³/mol. The zero-order chi connectivity index (χ0) is 7.11. The maximum Gasteiger partial charge on any atom is 0.0474 e. The first-order chi connectivity index (χ1) is 4.31. The summed E-state index contributed by atoms with van der Waals surface area (Å²) in [5, 5.41) is 0. The van der Waals surface area contributed by atoms with Gasteiger partial charge in [0, 0.05) is 4.58 Å². The van der Waals surface area contributed by atoms with E-state index in [1.807, 2.05) is 11.8 Å². The summed E-state index contributed by atoms with van der Waals surface area (Å²) < 4.78 is 0.801. The molecule has 0 aromatic rings. The molecule has 56 valence electrons. The Balaban J connectivity index is 2.95. The number of rotatable bonds is 5. The van der Waals surface area contributed by atoms with E-state index in [4.69, 9.17) is 0 Å². The van der Waals surface area contributed by atoms with Gasteiger partial charge >= 0.3 is 0 Å². The van der Waals surface area contributed by atoms with Crippen molar-refractivity contribution in [2.24, 2.45) is 0 Å². The van der Waals surface area contributed by atoms with Gasteiger partial charge in [0.2, 0.25) is 0 Å². The quantitative estimate of drug-likeness (QED) is 0.572. The van der Waals surface area contributed by atoms with E-state index in [-0.39, 0.29) is 0 Å². The molecule has 0 bridgehead atoms. The summed E-state index contributed by atoms with van der Waals surface area (Å²) in [5.41, 5.74) is 0. The highest BCUT2D eigenvalue weighted by atomic mass is 32.2. The van der Waals surface area contributed by atoms with Gasteiger partial charge in [0.1, 0.15) is 0 Å². The van der Waals surface area contributed by atoms with Crippen LogP contribution in [0.5, 0.6) is 0 Å². The molecule has 0 saturated heterocycles. The molecular formula is C7H16S2. The van der Waals surface area contributed by atoms with Gasteiger partial charge in [0.05, 0.1) is 0 Å². The largest absolute Gasteiger partial charge is 0.148 e. The Morgan fingerprint density at radius 3 is 2.33 bits per heavy atom. The Morgan fingerprint density at radius 2 is 1.89 bits per heavy atom. The topological polar surface area (TPSA) is 0 Å². The summed E-state index contributed by atoms with van der Waals surface area (Å²) >= 11 is 4.10. The molecule has 1 unspecified atom stereocenters. The highest BCUT2D eigenvalue weighted by Gasteiger charge is 1.97. The van der Waals surface area contributed by atoms with Crippen LogP contribution in [0.2, 0.25) is 0 Å². The Kier molecular flexibility index (Phi) is 7.34. The molecule has 0 fully saturated rings. The van der Waals surface area contributed by atoms with E-state index in [1.54, 1.807) is 0 Å². The van der Waals surface area contributed by atoms with Crippen molar-refractivity contribution in [1.29, 1.82) is 0 Å². The van der Waals surface area contributed by atoms with Crippen LogP contribution in [0.25, 0.3) is 0 Å². The van der Waals surface area contributed by atoms with Crippen molar-refractivity contribution in [2.45, 2.75) is 31.8 Å². The molecule has 0 aliphatic rings. The zero-order valence-electron chi connectivity index (χ0n) is 6.52.